The van der Waals surface area contributed by atoms with Gasteiger partial charge in [-0.2, -0.15) is 0 Å². The molecule has 110 valence electrons. The van der Waals surface area contributed by atoms with Crippen molar-refractivity contribution < 1.29 is 4.79 Å². The van der Waals surface area contributed by atoms with Crippen molar-refractivity contribution in [3.05, 3.63) is 58.8 Å². The van der Waals surface area contributed by atoms with Crippen molar-refractivity contribution in [2.24, 2.45) is 0 Å². The molecule has 4 nitrogen and oxygen atoms in total. The first kappa shape index (κ1) is 13.5. The van der Waals surface area contributed by atoms with Crippen LogP contribution in [0.2, 0.25) is 0 Å². The number of rotatable bonds is 2. The summed E-state index contributed by atoms with van der Waals surface area (Å²) in [7, 11) is 0. The van der Waals surface area contributed by atoms with Crippen LogP contribution in [0.15, 0.2) is 53.0 Å². The first-order chi connectivity index (χ1) is 10.7. The summed E-state index contributed by atoms with van der Waals surface area (Å²) in [6, 6.07) is 15.8. The van der Waals surface area contributed by atoms with Crippen LogP contribution >= 0.6 is 15.9 Å². The van der Waals surface area contributed by atoms with Gasteiger partial charge in [0, 0.05) is 29.0 Å². The number of hydrogen-bond acceptors (Lipinski definition) is 2. The normalized spacial score (nSPS) is 18.3. The molecule has 0 radical (unpaired) electrons. The summed E-state index contributed by atoms with van der Waals surface area (Å²) in [5.41, 5.74) is 2.91. The van der Waals surface area contributed by atoms with Crippen molar-refractivity contribution in [1.82, 2.24) is 9.97 Å². The maximum absolute atomic E-state index is 12.3. The fraction of sp³-hybridized carbons (Fsp3) is 0.176. The molecule has 2 heterocycles. The Balaban J connectivity index is 1.62. The summed E-state index contributed by atoms with van der Waals surface area (Å²) in [4.78, 5) is 22.1. The third-order valence-electron chi connectivity index (χ3n) is 4.06. The monoisotopic (exact) mass is 355 g/mol. The lowest BCUT2D eigenvalue weighted by Crippen LogP contribution is -2.24. The van der Waals surface area contributed by atoms with Crippen LogP contribution in [0.25, 0.3) is 11.0 Å². The maximum atomic E-state index is 12.3. The van der Waals surface area contributed by atoms with E-state index in [1.54, 1.807) is 0 Å². The second-order valence-corrected chi connectivity index (χ2v) is 6.44. The van der Waals surface area contributed by atoms with Crippen molar-refractivity contribution in [2.45, 2.75) is 12.3 Å². The molecule has 1 aromatic heterocycles. The molecule has 1 aliphatic rings. The number of carbonyl (C=O) groups is 1. The van der Waals surface area contributed by atoms with Crippen LogP contribution < -0.4 is 4.90 Å². The van der Waals surface area contributed by atoms with Crippen molar-refractivity contribution in [2.75, 3.05) is 11.4 Å². The van der Waals surface area contributed by atoms with Gasteiger partial charge in [0.2, 0.25) is 5.91 Å². The number of nitrogens with zero attached hydrogens (tertiary/aromatic N) is 2. The van der Waals surface area contributed by atoms with Gasteiger partial charge in [-0.1, -0.05) is 28.1 Å². The van der Waals surface area contributed by atoms with E-state index in [4.69, 9.17) is 0 Å². The van der Waals surface area contributed by atoms with Gasteiger partial charge >= 0.3 is 0 Å². The molecule has 1 N–H and O–H groups in total. The third-order valence-corrected chi connectivity index (χ3v) is 4.59. The molecule has 0 spiro atoms. The Hall–Kier alpha value is -2.14. The van der Waals surface area contributed by atoms with E-state index < -0.39 is 0 Å². The molecule has 1 aliphatic heterocycles. The van der Waals surface area contributed by atoms with Crippen LogP contribution in [0.3, 0.4) is 0 Å². The van der Waals surface area contributed by atoms with Gasteiger partial charge in [-0.15, -0.1) is 0 Å². The molecule has 0 saturated carbocycles. The number of aromatic amines is 1. The van der Waals surface area contributed by atoms with Crippen molar-refractivity contribution in [3.8, 4) is 0 Å². The summed E-state index contributed by atoms with van der Waals surface area (Å²) < 4.78 is 1.01. The number of anilines is 1. The number of para-hydroxylation sites is 2. The molecule has 1 fully saturated rings. The third kappa shape index (κ3) is 2.31. The van der Waals surface area contributed by atoms with E-state index in [2.05, 4.69) is 25.9 Å². The Bertz CT molecular complexity index is 807. The number of carbonyl (C=O) groups excluding carboxylic acids is 1. The second-order valence-electron chi connectivity index (χ2n) is 5.52. The van der Waals surface area contributed by atoms with Crippen LogP contribution in [0.5, 0.6) is 0 Å². The molecular weight excluding hydrogens is 342 g/mol. The van der Waals surface area contributed by atoms with E-state index in [1.165, 1.54) is 0 Å². The molecule has 1 amide bonds. The van der Waals surface area contributed by atoms with Crippen molar-refractivity contribution >= 4 is 38.6 Å². The van der Waals surface area contributed by atoms with Gasteiger partial charge in [0.15, 0.2) is 0 Å². The number of fused-ring (bicyclic) bond motifs is 1. The molecule has 0 bridgehead atoms. The average Bonchev–Trinajstić information content (AvgIpc) is 3.11. The van der Waals surface area contributed by atoms with E-state index in [1.807, 2.05) is 53.4 Å². The Labute approximate surface area is 136 Å². The van der Waals surface area contributed by atoms with Crippen molar-refractivity contribution in [3.63, 3.8) is 0 Å². The summed E-state index contributed by atoms with van der Waals surface area (Å²) in [6.07, 6.45) is 0.496. The Morgan fingerprint density at radius 1 is 1.14 bits per heavy atom. The number of benzene rings is 2. The van der Waals surface area contributed by atoms with E-state index in [-0.39, 0.29) is 11.8 Å². The molecule has 0 unspecified atom stereocenters. The zero-order valence-electron chi connectivity index (χ0n) is 11.8. The minimum atomic E-state index is 0.114. The minimum absolute atomic E-state index is 0.114. The van der Waals surface area contributed by atoms with Gasteiger partial charge in [0.1, 0.15) is 5.82 Å². The highest BCUT2D eigenvalue weighted by Gasteiger charge is 2.33. The highest BCUT2D eigenvalue weighted by Crippen LogP contribution is 2.31. The second kappa shape index (κ2) is 5.25. The Morgan fingerprint density at radius 2 is 1.91 bits per heavy atom. The zero-order chi connectivity index (χ0) is 15.1. The maximum Gasteiger partial charge on any atom is 0.227 e. The first-order valence-electron chi connectivity index (χ1n) is 7.21. The van der Waals surface area contributed by atoms with E-state index in [0.29, 0.717) is 13.0 Å². The Kier molecular flexibility index (Phi) is 3.22. The van der Waals surface area contributed by atoms with Gasteiger partial charge in [-0.25, -0.2) is 4.98 Å². The lowest BCUT2D eigenvalue weighted by Gasteiger charge is -2.16. The van der Waals surface area contributed by atoms with Gasteiger partial charge in [-0.3, -0.25) is 4.79 Å². The van der Waals surface area contributed by atoms with Crippen LogP contribution in [0, 0.1) is 0 Å². The molecule has 22 heavy (non-hydrogen) atoms. The highest BCUT2D eigenvalue weighted by molar-refractivity contribution is 9.10. The largest absolute Gasteiger partial charge is 0.342 e. The molecule has 3 aromatic rings. The average molecular weight is 356 g/mol. The van der Waals surface area contributed by atoms with Crippen molar-refractivity contribution in [1.29, 1.82) is 0 Å². The quantitative estimate of drug-likeness (QED) is 0.758. The van der Waals surface area contributed by atoms with Crippen LogP contribution in [-0.4, -0.2) is 22.4 Å². The number of hydrogen-bond donors (Lipinski definition) is 1. The highest BCUT2D eigenvalue weighted by atomic mass is 79.9. The van der Waals surface area contributed by atoms with Crippen LogP contribution in [-0.2, 0) is 4.79 Å². The number of imidazole rings is 1. The molecular formula is C17H14BrN3O. The molecule has 2 aromatic carbocycles. The van der Waals surface area contributed by atoms with E-state index >= 15 is 0 Å². The SMILES string of the molecule is O=C1C[C@H](c2nc3ccccc3[nH]2)CN1c1ccc(Br)cc1. The Morgan fingerprint density at radius 3 is 2.68 bits per heavy atom. The molecule has 1 atom stereocenters. The smallest absolute Gasteiger partial charge is 0.227 e. The molecule has 0 aliphatic carbocycles. The number of halogens is 1. The fourth-order valence-corrected chi connectivity index (χ4v) is 3.19. The van der Waals surface area contributed by atoms with Gasteiger partial charge in [0.05, 0.1) is 11.0 Å². The fourth-order valence-electron chi connectivity index (χ4n) is 2.93. The van der Waals surface area contributed by atoms with Gasteiger partial charge in [0.25, 0.3) is 0 Å². The molecule has 4 rings (SSSR count). The van der Waals surface area contributed by atoms with E-state index in [0.717, 1.165) is 27.0 Å². The summed E-state index contributed by atoms with van der Waals surface area (Å²) in [6.45, 7) is 0.667. The lowest BCUT2D eigenvalue weighted by molar-refractivity contribution is -0.117. The van der Waals surface area contributed by atoms with E-state index in [9.17, 15) is 4.79 Å². The summed E-state index contributed by atoms with van der Waals surface area (Å²) in [5.74, 6) is 1.16. The number of aromatic nitrogens is 2. The molecule has 1 saturated heterocycles. The minimum Gasteiger partial charge on any atom is -0.342 e. The topological polar surface area (TPSA) is 49.0 Å². The summed E-state index contributed by atoms with van der Waals surface area (Å²) in [5, 5.41) is 0. The van der Waals surface area contributed by atoms with Gasteiger partial charge in [-0.05, 0) is 36.4 Å². The standard InChI is InChI=1S/C17H14BrN3O/c18-12-5-7-13(8-6-12)21-10-11(9-16(21)22)17-19-14-3-1-2-4-15(14)20-17/h1-8,11H,9-10H2,(H,19,20)/t11-/m0/s1. The lowest BCUT2D eigenvalue weighted by atomic mass is 10.1. The van der Waals surface area contributed by atoms with Crippen LogP contribution in [0.1, 0.15) is 18.2 Å². The number of amides is 1. The first-order valence-corrected chi connectivity index (χ1v) is 8.00. The zero-order valence-corrected chi connectivity index (χ0v) is 13.4. The summed E-state index contributed by atoms with van der Waals surface area (Å²) >= 11 is 3.42. The number of H-pyrrole nitrogens is 1. The molecule has 5 heteroatoms. The van der Waals surface area contributed by atoms with Gasteiger partial charge < -0.3 is 9.88 Å². The predicted octanol–water partition coefficient (Wildman–Crippen LogP) is 3.85. The van der Waals surface area contributed by atoms with Crippen LogP contribution in [0.4, 0.5) is 5.69 Å². The predicted molar refractivity (Wildman–Crippen MR) is 89.9 cm³/mol. The number of nitrogens with one attached hydrogen (secondary N) is 1.